The van der Waals surface area contributed by atoms with E-state index >= 15 is 0 Å². The third-order valence-electron chi connectivity index (χ3n) is 4.14. The Bertz CT molecular complexity index is 504. The second kappa shape index (κ2) is 8.67. The molecule has 0 bridgehead atoms. The third-order valence-corrected chi connectivity index (χ3v) is 4.14. The molecule has 0 aromatic carbocycles. The molecular formula is C21H30. The number of rotatable bonds is 6. The first-order chi connectivity index (χ1) is 9.97. The second-order valence-electron chi connectivity index (χ2n) is 6.15. The Balaban J connectivity index is 3.01. The van der Waals surface area contributed by atoms with Crippen molar-refractivity contribution < 1.29 is 0 Å². The van der Waals surface area contributed by atoms with Crippen molar-refractivity contribution in [1.82, 2.24) is 0 Å². The van der Waals surface area contributed by atoms with Gasteiger partial charge in [-0.05, 0) is 49.7 Å². The van der Waals surface area contributed by atoms with Crippen LogP contribution in [-0.4, -0.2) is 0 Å². The Morgan fingerprint density at radius 2 is 1.95 bits per heavy atom. The fourth-order valence-corrected chi connectivity index (χ4v) is 2.61. The molecule has 1 aliphatic carbocycles. The van der Waals surface area contributed by atoms with Crippen LogP contribution >= 0.6 is 0 Å². The number of allylic oxidation sites excluding steroid dienone is 11. The SMILES string of the molecule is C=C(C)C(C)=C(C=CC(CC)C1=CC=CC=CC1)C(C)C. The minimum absolute atomic E-state index is 0.518. The van der Waals surface area contributed by atoms with Gasteiger partial charge in [0.2, 0.25) is 0 Å². The van der Waals surface area contributed by atoms with Crippen LogP contribution in [0.15, 0.2) is 71.4 Å². The normalized spacial score (nSPS) is 17.7. The van der Waals surface area contributed by atoms with E-state index in [1.165, 1.54) is 16.7 Å². The molecule has 0 heterocycles. The summed E-state index contributed by atoms with van der Waals surface area (Å²) in [4.78, 5) is 0. The lowest BCUT2D eigenvalue weighted by molar-refractivity contribution is 0.705. The molecular weight excluding hydrogens is 252 g/mol. The molecule has 0 aromatic rings. The van der Waals surface area contributed by atoms with E-state index in [9.17, 15) is 0 Å². The van der Waals surface area contributed by atoms with Crippen molar-refractivity contribution in [1.29, 1.82) is 0 Å². The Kier molecular flexibility index (Phi) is 7.22. The van der Waals surface area contributed by atoms with Gasteiger partial charge in [-0.3, -0.25) is 0 Å². The maximum absolute atomic E-state index is 4.09. The fraction of sp³-hybridized carbons (Fsp3) is 0.429. The molecule has 21 heavy (non-hydrogen) atoms. The maximum atomic E-state index is 4.09. The molecule has 0 N–H and O–H groups in total. The standard InChI is InChI=1S/C21H30/c1-7-19(20-12-10-8-9-11-13-20)14-15-21(17(4)5)18(6)16(2)3/h8-12,14-15,17,19H,2,7,13H2,1,3-6H3. The molecule has 0 amide bonds. The number of hydrogen-bond donors (Lipinski definition) is 0. The molecule has 0 fully saturated rings. The van der Waals surface area contributed by atoms with Gasteiger partial charge < -0.3 is 0 Å². The van der Waals surface area contributed by atoms with Gasteiger partial charge in [0.1, 0.15) is 0 Å². The summed E-state index contributed by atoms with van der Waals surface area (Å²) in [7, 11) is 0. The van der Waals surface area contributed by atoms with E-state index in [4.69, 9.17) is 0 Å². The summed E-state index contributed by atoms with van der Waals surface area (Å²) in [6.45, 7) is 15.1. The molecule has 0 saturated heterocycles. The zero-order valence-electron chi connectivity index (χ0n) is 14.3. The van der Waals surface area contributed by atoms with Gasteiger partial charge >= 0.3 is 0 Å². The van der Waals surface area contributed by atoms with E-state index in [2.05, 4.69) is 83.7 Å². The van der Waals surface area contributed by atoms with Crippen molar-refractivity contribution in [2.24, 2.45) is 11.8 Å². The Labute approximate surface area is 131 Å². The summed E-state index contributed by atoms with van der Waals surface area (Å²) in [5.41, 5.74) is 5.39. The van der Waals surface area contributed by atoms with Gasteiger partial charge in [-0.15, -0.1) is 0 Å². The molecule has 0 spiro atoms. The zero-order valence-corrected chi connectivity index (χ0v) is 14.3. The first kappa shape index (κ1) is 17.5. The van der Waals surface area contributed by atoms with E-state index < -0.39 is 0 Å². The summed E-state index contributed by atoms with van der Waals surface area (Å²) >= 11 is 0. The van der Waals surface area contributed by atoms with Crippen LogP contribution in [0, 0.1) is 11.8 Å². The topological polar surface area (TPSA) is 0 Å². The van der Waals surface area contributed by atoms with E-state index in [1.54, 1.807) is 0 Å². The smallest absolute Gasteiger partial charge is 0.00165 e. The van der Waals surface area contributed by atoms with Crippen molar-refractivity contribution in [3.05, 3.63) is 71.4 Å². The zero-order chi connectivity index (χ0) is 15.8. The molecule has 1 rings (SSSR count). The van der Waals surface area contributed by atoms with Crippen LogP contribution in [0.2, 0.25) is 0 Å². The molecule has 0 saturated carbocycles. The van der Waals surface area contributed by atoms with Gasteiger partial charge in [-0.1, -0.05) is 81.0 Å². The molecule has 0 heteroatoms. The summed E-state index contributed by atoms with van der Waals surface area (Å²) in [6.07, 6.45) is 17.8. The lowest BCUT2D eigenvalue weighted by atomic mass is 9.89. The van der Waals surface area contributed by atoms with E-state index in [1.807, 2.05) is 0 Å². The quantitative estimate of drug-likeness (QED) is 0.484. The van der Waals surface area contributed by atoms with Crippen LogP contribution in [0.1, 0.15) is 47.5 Å². The molecule has 0 nitrogen and oxygen atoms in total. The van der Waals surface area contributed by atoms with Crippen molar-refractivity contribution in [2.75, 3.05) is 0 Å². The largest absolute Gasteiger partial charge is 0.0958 e. The number of hydrogen-bond acceptors (Lipinski definition) is 0. The average molecular weight is 282 g/mol. The molecule has 1 aliphatic rings. The molecule has 1 unspecified atom stereocenters. The van der Waals surface area contributed by atoms with E-state index in [0.29, 0.717) is 11.8 Å². The van der Waals surface area contributed by atoms with Gasteiger partial charge in [-0.2, -0.15) is 0 Å². The second-order valence-corrected chi connectivity index (χ2v) is 6.15. The van der Waals surface area contributed by atoms with Gasteiger partial charge in [0.05, 0.1) is 0 Å². The van der Waals surface area contributed by atoms with E-state index in [-0.39, 0.29) is 0 Å². The minimum atomic E-state index is 0.518. The highest BCUT2D eigenvalue weighted by Gasteiger charge is 2.10. The fourth-order valence-electron chi connectivity index (χ4n) is 2.61. The van der Waals surface area contributed by atoms with E-state index in [0.717, 1.165) is 18.4 Å². The minimum Gasteiger partial charge on any atom is -0.0958 e. The molecule has 0 radical (unpaired) electrons. The monoisotopic (exact) mass is 282 g/mol. The van der Waals surface area contributed by atoms with Crippen LogP contribution < -0.4 is 0 Å². The van der Waals surface area contributed by atoms with Crippen LogP contribution in [0.4, 0.5) is 0 Å². The predicted octanol–water partition coefficient (Wildman–Crippen LogP) is 6.56. The van der Waals surface area contributed by atoms with Crippen molar-refractivity contribution >= 4 is 0 Å². The first-order valence-electron chi connectivity index (χ1n) is 8.04. The Morgan fingerprint density at radius 1 is 1.24 bits per heavy atom. The van der Waals surface area contributed by atoms with Crippen LogP contribution in [-0.2, 0) is 0 Å². The Morgan fingerprint density at radius 3 is 2.52 bits per heavy atom. The highest BCUT2D eigenvalue weighted by molar-refractivity contribution is 5.38. The average Bonchev–Trinajstić information content (AvgIpc) is 2.71. The van der Waals surface area contributed by atoms with Gasteiger partial charge in [-0.25, -0.2) is 0 Å². The molecule has 0 aromatic heterocycles. The van der Waals surface area contributed by atoms with Crippen molar-refractivity contribution in [3.63, 3.8) is 0 Å². The summed E-state index contributed by atoms with van der Waals surface area (Å²) in [6, 6.07) is 0. The molecule has 114 valence electrons. The van der Waals surface area contributed by atoms with Crippen LogP contribution in [0.3, 0.4) is 0 Å². The van der Waals surface area contributed by atoms with Crippen LogP contribution in [0.5, 0.6) is 0 Å². The van der Waals surface area contributed by atoms with Crippen molar-refractivity contribution in [3.8, 4) is 0 Å². The molecule has 1 atom stereocenters. The summed E-state index contributed by atoms with van der Waals surface area (Å²) in [5.74, 6) is 1.04. The highest BCUT2D eigenvalue weighted by Crippen LogP contribution is 2.26. The summed E-state index contributed by atoms with van der Waals surface area (Å²) < 4.78 is 0. The van der Waals surface area contributed by atoms with Gasteiger partial charge in [0.15, 0.2) is 0 Å². The lowest BCUT2D eigenvalue weighted by Gasteiger charge is -2.16. The van der Waals surface area contributed by atoms with Crippen molar-refractivity contribution in [2.45, 2.75) is 47.5 Å². The predicted molar refractivity (Wildman–Crippen MR) is 96.3 cm³/mol. The lowest BCUT2D eigenvalue weighted by Crippen LogP contribution is -2.01. The van der Waals surface area contributed by atoms with Gasteiger partial charge in [0, 0.05) is 0 Å². The van der Waals surface area contributed by atoms with Crippen LogP contribution in [0.25, 0.3) is 0 Å². The molecule has 0 aliphatic heterocycles. The first-order valence-corrected chi connectivity index (χ1v) is 8.04. The van der Waals surface area contributed by atoms with Gasteiger partial charge in [0.25, 0.3) is 0 Å². The summed E-state index contributed by atoms with van der Waals surface area (Å²) in [5, 5.41) is 0. The Hall–Kier alpha value is -1.56. The maximum Gasteiger partial charge on any atom is -0.00165 e. The third kappa shape index (κ3) is 5.38. The highest BCUT2D eigenvalue weighted by atomic mass is 14.2.